The smallest absolute Gasteiger partial charge is 0.336 e. The minimum absolute atomic E-state index is 0.334. The van der Waals surface area contributed by atoms with Crippen LogP contribution in [0.15, 0.2) is 89.1 Å². The highest BCUT2D eigenvalue weighted by molar-refractivity contribution is 7.98. The van der Waals surface area contributed by atoms with E-state index in [1.807, 2.05) is 30.3 Å². The van der Waals surface area contributed by atoms with Crippen molar-refractivity contribution in [3.63, 3.8) is 0 Å². The van der Waals surface area contributed by atoms with Crippen molar-refractivity contribution >= 4 is 29.1 Å². The second-order valence-electron chi connectivity index (χ2n) is 6.16. The van der Waals surface area contributed by atoms with Gasteiger partial charge in [-0.1, -0.05) is 66.7 Å². The third-order valence-corrected chi connectivity index (χ3v) is 6.42. The fraction of sp³-hybridized carbons (Fsp3) is 0.0435. The standard InChI is InChI=1S/C23H17NO2S2/c25-23(26)19-8-4-5-9-21(19)27-15-22-24-20(14-28-22)18-12-10-17(11-13-18)16-6-2-1-3-7-16/h1-14H,15H2,(H,25,26). The number of aromatic carboxylic acids is 1. The molecule has 3 nitrogen and oxygen atoms in total. The summed E-state index contributed by atoms with van der Waals surface area (Å²) in [5.74, 6) is -0.252. The van der Waals surface area contributed by atoms with Crippen molar-refractivity contribution in [2.45, 2.75) is 10.6 Å². The first-order valence-corrected chi connectivity index (χ1v) is 10.6. The molecule has 0 saturated carbocycles. The second-order valence-corrected chi connectivity index (χ2v) is 8.12. The Labute approximate surface area is 171 Å². The summed E-state index contributed by atoms with van der Waals surface area (Å²) in [6.45, 7) is 0. The van der Waals surface area contributed by atoms with E-state index in [2.05, 4.69) is 41.8 Å². The van der Waals surface area contributed by atoms with Crippen molar-refractivity contribution in [2.24, 2.45) is 0 Å². The average molecular weight is 404 g/mol. The van der Waals surface area contributed by atoms with Gasteiger partial charge in [-0.2, -0.15) is 0 Å². The molecule has 0 aliphatic heterocycles. The Kier molecular flexibility index (Phi) is 5.55. The van der Waals surface area contributed by atoms with Crippen LogP contribution < -0.4 is 0 Å². The van der Waals surface area contributed by atoms with E-state index in [1.54, 1.807) is 23.5 Å². The van der Waals surface area contributed by atoms with E-state index in [1.165, 1.54) is 22.9 Å². The lowest BCUT2D eigenvalue weighted by atomic mass is 10.0. The molecular weight excluding hydrogens is 386 g/mol. The molecule has 0 fully saturated rings. The molecular formula is C23H17NO2S2. The molecule has 4 aromatic rings. The third kappa shape index (κ3) is 4.16. The number of carboxylic acid groups (broad SMARTS) is 1. The molecule has 0 amide bonds. The van der Waals surface area contributed by atoms with Gasteiger partial charge in [0, 0.05) is 15.8 Å². The number of hydrogen-bond donors (Lipinski definition) is 1. The van der Waals surface area contributed by atoms with E-state index in [0.717, 1.165) is 21.2 Å². The lowest BCUT2D eigenvalue weighted by Gasteiger charge is -2.04. The molecule has 4 rings (SSSR count). The van der Waals surface area contributed by atoms with Crippen molar-refractivity contribution in [3.8, 4) is 22.4 Å². The van der Waals surface area contributed by atoms with Crippen molar-refractivity contribution in [2.75, 3.05) is 0 Å². The van der Waals surface area contributed by atoms with Gasteiger partial charge in [0.15, 0.2) is 0 Å². The summed E-state index contributed by atoms with van der Waals surface area (Å²) in [7, 11) is 0. The van der Waals surface area contributed by atoms with Crippen LogP contribution in [-0.4, -0.2) is 16.1 Å². The number of hydrogen-bond acceptors (Lipinski definition) is 4. The van der Waals surface area contributed by atoms with Crippen LogP contribution in [0.4, 0.5) is 0 Å². The van der Waals surface area contributed by atoms with Gasteiger partial charge >= 0.3 is 5.97 Å². The number of carboxylic acids is 1. The molecule has 0 unspecified atom stereocenters. The van der Waals surface area contributed by atoms with Crippen molar-refractivity contribution in [3.05, 3.63) is 94.8 Å². The Hall–Kier alpha value is -2.89. The van der Waals surface area contributed by atoms with E-state index in [0.29, 0.717) is 11.3 Å². The predicted octanol–water partition coefficient (Wildman–Crippen LogP) is 6.47. The molecule has 0 spiro atoms. The van der Waals surface area contributed by atoms with Crippen LogP contribution in [0, 0.1) is 0 Å². The van der Waals surface area contributed by atoms with Crippen LogP contribution in [0.3, 0.4) is 0 Å². The topological polar surface area (TPSA) is 50.2 Å². The van der Waals surface area contributed by atoms with Gasteiger partial charge < -0.3 is 5.11 Å². The molecule has 0 bridgehead atoms. The minimum Gasteiger partial charge on any atom is -0.478 e. The summed E-state index contributed by atoms with van der Waals surface area (Å²) in [4.78, 5) is 16.8. The summed E-state index contributed by atoms with van der Waals surface area (Å²) in [6.07, 6.45) is 0. The highest BCUT2D eigenvalue weighted by atomic mass is 32.2. The maximum atomic E-state index is 11.3. The Morgan fingerprint density at radius 2 is 1.50 bits per heavy atom. The zero-order valence-corrected chi connectivity index (χ0v) is 16.5. The zero-order valence-electron chi connectivity index (χ0n) is 14.9. The first-order valence-electron chi connectivity index (χ1n) is 8.76. The van der Waals surface area contributed by atoms with Gasteiger partial charge in [-0.3, -0.25) is 0 Å². The highest BCUT2D eigenvalue weighted by Gasteiger charge is 2.11. The van der Waals surface area contributed by atoms with Gasteiger partial charge in [0.05, 0.1) is 17.0 Å². The Morgan fingerprint density at radius 3 is 2.25 bits per heavy atom. The number of benzene rings is 3. The molecule has 3 aromatic carbocycles. The van der Waals surface area contributed by atoms with Crippen LogP contribution in [0.5, 0.6) is 0 Å². The van der Waals surface area contributed by atoms with Crippen LogP contribution in [0.1, 0.15) is 15.4 Å². The first kappa shape index (κ1) is 18.5. The number of rotatable bonds is 6. The lowest BCUT2D eigenvalue weighted by Crippen LogP contribution is -1.98. The Balaban J connectivity index is 1.47. The van der Waals surface area contributed by atoms with E-state index < -0.39 is 5.97 Å². The van der Waals surface area contributed by atoms with E-state index >= 15 is 0 Å². The van der Waals surface area contributed by atoms with Gasteiger partial charge in [-0.05, 0) is 23.3 Å². The SMILES string of the molecule is O=C(O)c1ccccc1SCc1nc(-c2ccc(-c3ccccc3)cc2)cs1. The number of nitrogens with zero attached hydrogens (tertiary/aromatic N) is 1. The molecule has 0 atom stereocenters. The molecule has 1 aromatic heterocycles. The molecule has 0 saturated heterocycles. The molecule has 0 radical (unpaired) electrons. The Bertz CT molecular complexity index is 1090. The summed E-state index contributed by atoms with van der Waals surface area (Å²) in [5, 5.41) is 12.3. The van der Waals surface area contributed by atoms with Gasteiger partial charge in [0.2, 0.25) is 0 Å². The molecule has 5 heteroatoms. The molecule has 1 heterocycles. The quantitative estimate of drug-likeness (QED) is 0.375. The van der Waals surface area contributed by atoms with Crippen LogP contribution in [0.2, 0.25) is 0 Å². The van der Waals surface area contributed by atoms with Gasteiger partial charge in [-0.25, -0.2) is 9.78 Å². The lowest BCUT2D eigenvalue weighted by molar-refractivity contribution is 0.0693. The van der Waals surface area contributed by atoms with Crippen LogP contribution >= 0.6 is 23.1 Å². The molecule has 138 valence electrons. The third-order valence-electron chi connectivity index (χ3n) is 4.31. The first-order chi connectivity index (χ1) is 13.7. The van der Waals surface area contributed by atoms with Crippen LogP contribution in [-0.2, 0) is 5.75 Å². The monoisotopic (exact) mass is 403 g/mol. The fourth-order valence-corrected chi connectivity index (χ4v) is 4.75. The van der Waals surface area contributed by atoms with E-state index in [-0.39, 0.29) is 0 Å². The summed E-state index contributed by atoms with van der Waals surface area (Å²) in [6, 6.07) is 25.8. The number of thioether (sulfide) groups is 1. The van der Waals surface area contributed by atoms with Crippen molar-refractivity contribution < 1.29 is 9.90 Å². The second kappa shape index (κ2) is 8.42. The number of thiazole rings is 1. The Morgan fingerprint density at radius 1 is 0.857 bits per heavy atom. The normalized spacial score (nSPS) is 10.7. The van der Waals surface area contributed by atoms with E-state index in [4.69, 9.17) is 4.98 Å². The fourth-order valence-electron chi connectivity index (χ4n) is 2.88. The van der Waals surface area contributed by atoms with Gasteiger partial charge in [-0.15, -0.1) is 23.1 Å². The highest BCUT2D eigenvalue weighted by Crippen LogP contribution is 2.30. The number of carbonyl (C=O) groups is 1. The number of aromatic nitrogens is 1. The maximum Gasteiger partial charge on any atom is 0.336 e. The minimum atomic E-state index is -0.901. The molecule has 28 heavy (non-hydrogen) atoms. The summed E-state index contributed by atoms with van der Waals surface area (Å²) >= 11 is 3.10. The van der Waals surface area contributed by atoms with Crippen molar-refractivity contribution in [1.29, 1.82) is 0 Å². The van der Waals surface area contributed by atoms with Gasteiger partial charge in [0.25, 0.3) is 0 Å². The maximum absolute atomic E-state index is 11.3. The van der Waals surface area contributed by atoms with E-state index in [9.17, 15) is 9.90 Å². The zero-order chi connectivity index (χ0) is 19.3. The van der Waals surface area contributed by atoms with Crippen molar-refractivity contribution in [1.82, 2.24) is 4.98 Å². The summed E-state index contributed by atoms with van der Waals surface area (Å²) < 4.78 is 0. The largest absolute Gasteiger partial charge is 0.478 e. The van der Waals surface area contributed by atoms with Crippen LogP contribution in [0.25, 0.3) is 22.4 Å². The summed E-state index contributed by atoms with van der Waals surface area (Å²) in [5.41, 5.74) is 4.74. The van der Waals surface area contributed by atoms with Gasteiger partial charge in [0.1, 0.15) is 5.01 Å². The molecule has 0 aliphatic carbocycles. The molecule has 0 aliphatic rings. The predicted molar refractivity (Wildman–Crippen MR) is 116 cm³/mol. The average Bonchev–Trinajstić information content (AvgIpc) is 3.22. The molecule has 1 N–H and O–H groups in total.